The van der Waals surface area contributed by atoms with Crippen LogP contribution in [0, 0.1) is 0 Å². The summed E-state index contributed by atoms with van der Waals surface area (Å²) in [6, 6.07) is 0.330. The highest BCUT2D eigenvalue weighted by Gasteiger charge is 1.97. The Balaban J connectivity index is 3.53. The van der Waals surface area contributed by atoms with Crippen LogP contribution in [0.5, 0.6) is 0 Å². The van der Waals surface area contributed by atoms with Crippen molar-refractivity contribution in [1.82, 2.24) is 10.7 Å². The number of rotatable bonds is 7. The Hall–Kier alpha value is -0.810. The van der Waals surface area contributed by atoms with Crippen molar-refractivity contribution in [3.8, 4) is 0 Å². The van der Waals surface area contributed by atoms with Crippen molar-refractivity contribution in [3.05, 3.63) is 0 Å². The van der Waals surface area contributed by atoms with Crippen molar-refractivity contribution in [3.63, 3.8) is 0 Å². The zero-order valence-corrected chi connectivity index (χ0v) is 10.0. The highest BCUT2D eigenvalue weighted by atomic mass is 16.5. The molecular weight excluding hydrogens is 192 g/mol. The Morgan fingerprint density at radius 1 is 1.40 bits per heavy atom. The Labute approximate surface area is 92.4 Å². The van der Waals surface area contributed by atoms with Crippen LogP contribution in [0.1, 0.15) is 33.6 Å². The van der Waals surface area contributed by atoms with E-state index >= 15 is 0 Å². The molecule has 0 heterocycles. The van der Waals surface area contributed by atoms with E-state index in [1.54, 1.807) is 0 Å². The first-order valence-corrected chi connectivity index (χ1v) is 5.56. The molecule has 0 aliphatic heterocycles. The van der Waals surface area contributed by atoms with E-state index in [9.17, 15) is 0 Å². The van der Waals surface area contributed by atoms with Gasteiger partial charge in [-0.2, -0.15) is 0 Å². The van der Waals surface area contributed by atoms with Crippen LogP contribution >= 0.6 is 0 Å². The molecule has 90 valence electrons. The van der Waals surface area contributed by atoms with Crippen LogP contribution < -0.4 is 16.6 Å². The fraction of sp³-hybridized carbons (Fsp3) is 0.900. The van der Waals surface area contributed by atoms with Gasteiger partial charge in [-0.15, -0.1) is 0 Å². The van der Waals surface area contributed by atoms with Crippen LogP contribution in [-0.2, 0) is 4.74 Å². The minimum absolute atomic E-state index is 0.330. The van der Waals surface area contributed by atoms with Gasteiger partial charge >= 0.3 is 0 Å². The lowest BCUT2D eigenvalue weighted by atomic mass is 10.4. The molecule has 0 amide bonds. The third-order valence-corrected chi connectivity index (χ3v) is 1.63. The predicted octanol–water partition coefficient (Wildman–Crippen LogP) is 0.620. The molecule has 0 aliphatic carbocycles. The van der Waals surface area contributed by atoms with E-state index in [4.69, 9.17) is 10.6 Å². The fourth-order valence-corrected chi connectivity index (χ4v) is 1.01. The van der Waals surface area contributed by atoms with Gasteiger partial charge in [0.2, 0.25) is 5.96 Å². The monoisotopic (exact) mass is 216 g/mol. The van der Waals surface area contributed by atoms with Crippen molar-refractivity contribution < 1.29 is 4.74 Å². The number of nitrogens with zero attached hydrogens (tertiary/aromatic N) is 1. The molecule has 0 aromatic heterocycles. The van der Waals surface area contributed by atoms with Gasteiger partial charge < -0.3 is 10.1 Å². The van der Waals surface area contributed by atoms with E-state index in [1.165, 1.54) is 0 Å². The first-order chi connectivity index (χ1) is 7.20. The molecule has 0 spiro atoms. The lowest BCUT2D eigenvalue weighted by molar-refractivity contribution is 0.134. The summed E-state index contributed by atoms with van der Waals surface area (Å²) in [5.74, 6) is 5.95. The quantitative estimate of drug-likeness (QED) is 0.192. The van der Waals surface area contributed by atoms with Gasteiger partial charge in [-0.25, -0.2) is 5.84 Å². The van der Waals surface area contributed by atoms with Gasteiger partial charge in [-0.3, -0.25) is 10.4 Å². The smallest absolute Gasteiger partial charge is 0.205 e. The summed E-state index contributed by atoms with van der Waals surface area (Å²) in [5.41, 5.74) is 2.53. The minimum Gasteiger partial charge on any atom is -0.381 e. The van der Waals surface area contributed by atoms with Crippen molar-refractivity contribution in [2.24, 2.45) is 10.8 Å². The van der Waals surface area contributed by atoms with Crippen molar-refractivity contribution in [1.29, 1.82) is 0 Å². The second-order valence-corrected chi connectivity index (χ2v) is 3.64. The first-order valence-electron chi connectivity index (χ1n) is 5.56. The number of guanidine groups is 1. The van der Waals surface area contributed by atoms with Gasteiger partial charge in [0.15, 0.2) is 0 Å². The largest absolute Gasteiger partial charge is 0.381 e. The number of hydrazine groups is 1. The van der Waals surface area contributed by atoms with E-state index in [1.807, 2.05) is 13.8 Å². The fourth-order valence-electron chi connectivity index (χ4n) is 1.01. The lowest BCUT2D eigenvalue weighted by Gasteiger charge is -2.11. The normalized spacial score (nSPS) is 11.9. The van der Waals surface area contributed by atoms with Crippen LogP contribution in [-0.4, -0.2) is 31.8 Å². The number of ether oxygens (including phenoxy) is 1. The molecule has 0 saturated carbocycles. The van der Waals surface area contributed by atoms with Gasteiger partial charge in [-0.1, -0.05) is 6.92 Å². The summed E-state index contributed by atoms with van der Waals surface area (Å²) in [4.78, 5) is 4.27. The van der Waals surface area contributed by atoms with Gasteiger partial charge in [0.05, 0.1) is 0 Å². The highest BCUT2D eigenvalue weighted by Crippen LogP contribution is 1.87. The molecule has 0 unspecified atom stereocenters. The third kappa shape index (κ3) is 9.49. The standard InChI is InChI=1S/C10H24N4O/c1-4-7-15-8-5-6-12-10(14-11)13-9(2)3/h9H,4-8,11H2,1-3H3,(H2,12,13,14). The summed E-state index contributed by atoms with van der Waals surface area (Å²) < 4.78 is 5.34. The molecule has 15 heavy (non-hydrogen) atoms. The van der Waals surface area contributed by atoms with Crippen LogP contribution in [0.2, 0.25) is 0 Å². The van der Waals surface area contributed by atoms with Crippen molar-refractivity contribution in [2.75, 3.05) is 19.8 Å². The van der Waals surface area contributed by atoms with Crippen LogP contribution in [0.3, 0.4) is 0 Å². The maximum absolute atomic E-state index is 5.34. The minimum atomic E-state index is 0.330. The van der Waals surface area contributed by atoms with E-state index in [0.717, 1.165) is 32.6 Å². The zero-order chi connectivity index (χ0) is 11.5. The van der Waals surface area contributed by atoms with Crippen LogP contribution in [0.4, 0.5) is 0 Å². The zero-order valence-electron chi connectivity index (χ0n) is 10.0. The van der Waals surface area contributed by atoms with Gasteiger partial charge in [0, 0.05) is 25.8 Å². The number of hydrogen-bond acceptors (Lipinski definition) is 3. The van der Waals surface area contributed by atoms with Crippen LogP contribution in [0.25, 0.3) is 0 Å². The lowest BCUT2D eigenvalue weighted by Crippen LogP contribution is -2.44. The van der Waals surface area contributed by atoms with Crippen molar-refractivity contribution in [2.45, 2.75) is 39.7 Å². The second kappa shape index (κ2) is 9.73. The topological polar surface area (TPSA) is 71.7 Å². The average molecular weight is 216 g/mol. The Bertz CT molecular complexity index is 171. The molecule has 4 N–H and O–H groups in total. The number of nitrogens with two attached hydrogens (primary N) is 1. The Kier molecular flexibility index (Phi) is 9.21. The third-order valence-electron chi connectivity index (χ3n) is 1.63. The van der Waals surface area contributed by atoms with Gasteiger partial charge in [-0.05, 0) is 26.7 Å². The highest BCUT2D eigenvalue weighted by molar-refractivity contribution is 5.79. The number of aliphatic imine (C=N–C) groups is 1. The molecule has 0 rings (SSSR count). The summed E-state index contributed by atoms with van der Waals surface area (Å²) in [6.45, 7) is 8.49. The SMILES string of the molecule is CCCOCCCN=C(NN)NC(C)C. The number of hydrogen-bond donors (Lipinski definition) is 3. The van der Waals surface area contributed by atoms with E-state index in [-0.39, 0.29) is 0 Å². The molecule has 0 aromatic rings. The molecule has 0 atom stereocenters. The molecule has 0 aromatic carbocycles. The second-order valence-electron chi connectivity index (χ2n) is 3.64. The van der Waals surface area contributed by atoms with E-state index in [2.05, 4.69) is 22.7 Å². The predicted molar refractivity (Wildman–Crippen MR) is 63.6 cm³/mol. The summed E-state index contributed by atoms with van der Waals surface area (Å²) in [7, 11) is 0. The number of nitrogens with one attached hydrogen (secondary N) is 2. The molecule has 0 aliphatic rings. The maximum atomic E-state index is 5.34. The molecule has 0 bridgehead atoms. The summed E-state index contributed by atoms with van der Waals surface area (Å²) in [5, 5.41) is 3.10. The first kappa shape index (κ1) is 14.2. The van der Waals surface area contributed by atoms with Crippen LogP contribution in [0.15, 0.2) is 4.99 Å². The van der Waals surface area contributed by atoms with Gasteiger partial charge in [0.25, 0.3) is 0 Å². The van der Waals surface area contributed by atoms with Gasteiger partial charge in [0.1, 0.15) is 0 Å². The Morgan fingerprint density at radius 2 is 2.13 bits per heavy atom. The molecule has 5 nitrogen and oxygen atoms in total. The van der Waals surface area contributed by atoms with Crippen molar-refractivity contribution >= 4 is 5.96 Å². The molecule has 0 radical (unpaired) electrons. The molecular formula is C10H24N4O. The Morgan fingerprint density at radius 3 is 2.67 bits per heavy atom. The van der Waals surface area contributed by atoms with E-state index in [0.29, 0.717) is 12.0 Å². The summed E-state index contributed by atoms with van der Waals surface area (Å²) >= 11 is 0. The summed E-state index contributed by atoms with van der Waals surface area (Å²) in [6.07, 6.45) is 1.98. The van der Waals surface area contributed by atoms with E-state index < -0.39 is 0 Å². The molecule has 0 fully saturated rings. The average Bonchev–Trinajstić information content (AvgIpc) is 2.20. The molecule has 0 saturated heterocycles. The maximum Gasteiger partial charge on any atom is 0.205 e. The molecule has 5 heteroatoms.